The molecule has 1 amide bonds. The van der Waals surface area contributed by atoms with E-state index in [1.807, 2.05) is 40.7 Å². The van der Waals surface area contributed by atoms with Crippen molar-refractivity contribution in [3.8, 4) is 0 Å². The van der Waals surface area contributed by atoms with Crippen molar-refractivity contribution in [3.05, 3.63) is 17.5 Å². The fourth-order valence-corrected chi connectivity index (χ4v) is 1.43. The lowest BCUT2D eigenvalue weighted by atomic mass is 10.1. The molecular formula is C11H19N3O. The van der Waals surface area contributed by atoms with Crippen LogP contribution in [0.1, 0.15) is 32.2 Å². The number of carbonyl (C=O) groups is 1. The number of aromatic nitrogens is 2. The number of nitrogens with zero attached hydrogens (tertiary/aromatic N) is 2. The van der Waals surface area contributed by atoms with Gasteiger partial charge < -0.3 is 5.32 Å². The molecule has 0 radical (unpaired) electrons. The highest BCUT2D eigenvalue weighted by molar-refractivity contribution is 5.76. The summed E-state index contributed by atoms with van der Waals surface area (Å²) in [5.74, 6) is -0.00583. The molecule has 0 atom stereocenters. The van der Waals surface area contributed by atoms with Gasteiger partial charge in [-0.15, -0.1) is 0 Å². The van der Waals surface area contributed by atoms with Crippen molar-refractivity contribution in [3.63, 3.8) is 0 Å². The van der Waals surface area contributed by atoms with Gasteiger partial charge in [0.25, 0.3) is 0 Å². The number of rotatable bonds is 2. The van der Waals surface area contributed by atoms with E-state index in [1.54, 1.807) is 4.68 Å². The van der Waals surface area contributed by atoms with Crippen LogP contribution in [0.3, 0.4) is 0 Å². The van der Waals surface area contributed by atoms with E-state index in [0.29, 0.717) is 0 Å². The van der Waals surface area contributed by atoms with Crippen LogP contribution in [-0.2, 0) is 11.3 Å². The minimum Gasteiger partial charge on any atom is -0.350 e. The second-order valence-corrected chi connectivity index (χ2v) is 4.88. The average molecular weight is 209 g/mol. The van der Waals surface area contributed by atoms with Crippen LogP contribution < -0.4 is 5.32 Å². The Kier molecular flexibility index (Phi) is 3.17. The Hall–Kier alpha value is -1.32. The number of aryl methyl sites for hydroxylation is 2. The van der Waals surface area contributed by atoms with Crippen LogP contribution in [0, 0.1) is 13.8 Å². The van der Waals surface area contributed by atoms with E-state index >= 15 is 0 Å². The Morgan fingerprint density at radius 1 is 1.47 bits per heavy atom. The Labute approximate surface area is 90.7 Å². The number of amides is 1. The number of hydrogen-bond donors (Lipinski definition) is 1. The van der Waals surface area contributed by atoms with Gasteiger partial charge in [0, 0.05) is 11.2 Å². The van der Waals surface area contributed by atoms with Crippen molar-refractivity contribution >= 4 is 5.91 Å². The Balaban J connectivity index is 2.63. The molecule has 0 aliphatic rings. The SMILES string of the molecule is Cc1cc(C)n(CC(=O)NC(C)(C)C)n1. The standard InChI is InChI=1S/C11H19N3O/c1-8-6-9(2)14(13-8)7-10(15)12-11(3,4)5/h6H,7H2,1-5H3,(H,12,15). The van der Waals surface area contributed by atoms with Crippen LogP contribution in [-0.4, -0.2) is 21.2 Å². The maximum absolute atomic E-state index is 11.6. The Morgan fingerprint density at radius 2 is 2.07 bits per heavy atom. The van der Waals surface area contributed by atoms with Gasteiger partial charge in [0.15, 0.2) is 0 Å². The summed E-state index contributed by atoms with van der Waals surface area (Å²) in [4.78, 5) is 11.6. The molecule has 0 spiro atoms. The van der Waals surface area contributed by atoms with E-state index in [0.717, 1.165) is 11.4 Å². The lowest BCUT2D eigenvalue weighted by Gasteiger charge is -2.20. The number of hydrogen-bond acceptors (Lipinski definition) is 2. The van der Waals surface area contributed by atoms with E-state index in [9.17, 15) is 4.79 Å². The average Bonchev–Trinajstić information content (AvgIpc) is 2.25. The third-order valence-electron chi connectivity index (χ3n) is 1.91. The first kappa shape index (κ1) is 11.8. The summed E-state index contributed by atoms with van der Waals surface area (Å²) in [7, 11) is 0. The van der Waals surface area contributed by atoms with Crippen molar-refractivity contribution in [2.45, 2.75) is 46.7 Å². The molecule has 0 bridgehead atoms. The van der Waals surface area contributed by atoms with Crippen molar-refractivity contribution in [2.75, 3.05) is 0 Å². The van der Waals surface area contributed by atoms with Crippen LogP contribution in [0.25, 0.3) is 0 Å². The predicted molar refractivity (Wildman–Crippen MR) is 59.6 cm³/mol. The van der Waals surface area contributed by atoms with Crippen LogP contribution in [0.4, 0.5) is 0 Å². The highest BCUT2D eigenvalue weighted by Crippen LogP contribution is 2.03. The molecule has 0 saturated carbocycles. The summed E-state index contributed by atoms with van der Waals surface area (Å²) in [5, 5.41) is 7.14. The van der Waals surface area contributed by atoms with Crippen molar-refractivity contribution < 1.29 is 4.79 Å². The summed E-state index contributed by atoms with van der Waals surface area (Å²) in [6.45, 7) is 10.1. The Morgan fingerprint density at radius 3 is 2.47 bits per heavy atom. The lowest BCUT2D eigenvalue weighted by Crippen LogP contribution is -2.42. The van der Waals surface area contributed by atoms with Gasteiger partial charge in [0.1, 0.15) is 6.54 Å². The van der Waals surface area contributed by atoms with Gasteiger partial charge in [-0.05, 0) is 40.7 Å². The molecule has 1 aromatic rings. The minimum absolute atomic E-state index is 0.00583. The molecule has 84 valence electrons. The maximum atomic E-state index is 11.6. The fourth-order valence-electron chi connectivity index (χ4n) is 1.43. The summed E-state index contributed by atoms with van der Waals surface area (Å²) in [6, 6.07) is 1.96. The monoisotopic (exact) mass is 209 g/mol. The summed E-state index contributed by atoms with van der Waals surface area (Å²) < 4.78 is 1.72. The first-order valence-corrected chi connectivity index (χ1v) is 5.10. The van der Waals surface area contributed by atoms with Gasteiger partial charge >= 0.3 is 0 Å². The third-order valence-corrected chi connectivity index (χ3v) is 1.91. The molecular weight excluding hydrogens is 190 g/mol. The molecule has 0 unspecified atom stereocenters. The van der Waals surface area contributed by atoms with E-state index in [2.05, 4.69) is 10.4 Å². The first-order chi connectivity index (χ1) is 6.78. The van der Waals surface area contributed by atoms with Gasteiger partial charge in [0.05, 0.1) is 5.69 Å². The summed E-state index contributed by atoms with van der Waals surface area (Å²) in [5.41, 5.74) is 1.76. The van der Waals surface area contributed by atoms with E-state index in [1.165, 1.54) is 0 Å². The quantitative estimate of drug-likeness (QED) is 0.800. The normalized spacial score (nSPS) is 11.5. The van der Waals surface area contributed by atoms with Crippen LogP contribution in [0.2, 0.25) is 0 Å². The molecule has 4 nitrogen and oxygen atoms in total. The second-order valence-electron chi connectivity index (χ2n) is 4.88. The van der Waals surface area contributed by atoms with Crippen molar-refractivity contribution in [1.82, 2.24) is 15.1 Å². The zero-order chi connectivity index (χ0) is 11.6. The molecule has 1 heterocycles. The van der Waals surface area contributed by atoms with Crippen LogP contribution >= 0.6 is 0 Å². The topological polar surface area (TPSA) is 46.9 Å². The van der Waals surface area contributed by atoms with Gasteiger partial charge in [-0.3, -0.25) is 9.48 Å². The smallest absolute Gasteiger partial charge is 0.242 e. The number of carbonyl (C=O) groups excluding carboxylic acids is 1. The number of nitrogens with one attached hydrogen (secondary N) is 1. The molecule has 1 aromatic heterocycles. The molecule has 1 rings (SSSR count). The second kappa shape index (κ2) is 4.04. The highest BCUT2D eigenvalue weighted by Gasteiger charge is 2.14. The molecule has 0 saturated heterocycles. The highest BCUT2D eigenvalue weighted by atomic mass is 16.2. The minimum atomic E-state index is -0.187. The zero-order valence-electron chi connectivity index (χ0n) is 10.1. The predicted octanol–water partition coefficient (Wildman–Crippen LogP) is 1.41. The maximum Gasteiger partial charge on any atom is 0.242 e. The first-order valence-electron chi connectivity index (χ1n) is 5.10. The van der Waals surface area contributed by atoms with Gasteiger partial charge in [-0.25, -0.2) is 0 Å². The van der Waals surface area contributed by atoms with Crippen molar-refractivity contribution in [2.24, 2.45) is 0 Å². The Bertz CT molecular complexity index is 360. The van der Waals surface area contributed by atoms with Gasteiger partial charge in [0.2, 0.25) is 5.91 Å². The third kappa shape index (κ3) is 3.73. The fraction of sp³-hybridized carbons (Fsp3) is 0.636. The van der Waals surface area contributed by atoms with E-state index in [-0.39, 0.29) is 18.0 Å². The van der Waals surface area contributed by atoms with Crippen LogP contribution in [0.5, 0.6) is 0 Å². The lowest BCUT2D eigenvalue weighted by molar-refractivity contribution is -0.123. The van der Waals surface area contributed by atoms with Crippen LogP contribution in [0.15, 0.2) is 6.07 Å². The zero-order valence-corrected chi connectivity index (χ0v) is 10.1. The van der Waals surface area contributed by atoms with Crippen molar-refractivity contribution in [1.29, 1.82) is 0 Å². The largest absolute Gasteiger partial charge is 0.350 e. The molecule has 0 aliphatic heterocycles. The van der Waals surface area contributed by atoms with Gasteiger partial charge in [-0.1, -0.05) is 0 Å². The van der Waals surface area contributed by atoms with E-state index < -0.39 is 0 Å². The van der Waals surface area contributed by atoms with Gasteiger partial charge in [-0.2, -0.15) is 5.10 Å². The summed E-state index contributed by atoms with van der Waals surface area (Å²) >= 11 is 0. The molecule has 4 heteroatoms. The molecule has 15 heavy (non-hydrogen) atoms. The molecule has 0 aliphatic carbocycles. The molecule has 0 aromatic carbocycles. The summed E-state index contributed by atoms with van der Waals surface area (Å²) in [6.07, 6.45) is 0. The molecule has 1 N–H and O–H groups in total. The van der Waals surface area contributed by atoms with E-state index in [4.69, 9.17) is 0 Å². The molecule has 0 fully saturated rings.